The van der Waals surface area contributed by atoms with E-state index < -0.39 is 16.9 Å². The lowest BCUT2D eigenvalue weighted by molar-refractivity contribution is -0.119. The number of carbonyl (C=O) groups excluding carboxylic acids is 1. The molecule has 2 amide bonds. The number of hydrogen-bond donors (Lipinski definition) is 2. The van der Waals surface area contributed by atoms with Gasteiger partial charge in [0.05, 0.1) is 11.0 Å². The molecule has 0 bridgehead atoms. The number of hydrogen-bond acceptors (Lipinski definition) is 5. The highest BCUT2D eigenvalue weighted by Crippen LogP contribution is 2.42. The average Bonchev–Trinajstić information content (AvgIpc) is 2.89. The van der Waals surface area contributed by atoms with Crippen molar-refractivity contribution in [2.24, 2.45) is 5.10 Å². The zero-order valence-electron chi connectivity index (χ0n) is 16.6. The normalized spacial score (nSPS) is 22.6. The number of nitrogens with zero attached hydrogens (tertiary/aromatic N) is 3. The number of hydrazone groups is 1. The molecular weight excluding hydrogens is 392 g/mol. The Kier molecular flexibility index (Phi) is 6.62. The van der Waals surface area contributed by atoms with Crippen LogP contribution in [0, 0.1) is 6.92 Å². The smallest absolute Gasteiger partial charge is 0.333 e. The van der Waals surface area contributed by atoms with Crippen LogP contribution >= 0.6 is 24.0 Å². The van der Waals surface area contributed by atoms with Gasteiger partial charge in [0.15, 0.2) is 10.5 Å². The number of amides is 2. The SMILES string of the molecule is Cc1ccc(C=NN2C(=S)SC(C)(C)C2N(O)C(=O)NC2CCCCC2)cc1. The summed E-state index contributed by atoms with van der Waals surface area (Å²) in [6.07, 6.45) is 6.35. The number of thioether (sulfide) groups is 1. The van der Waals surface area contributed by atoms with E-state index in [9.17, 15) is 10.0 Å². The van der Waals surface area contributed by atoms with E-state index >= 15 is 0 Å². The van der Waals surface area contributed by atoms with Gasteiger partial charge < -0.3 is 5.32 Å². The molecule has 3 rings (SSSR count). The van der Waals surface area contributed by atoms with Crippen LogP contribution in [0.25, 0.3) is 0 Å². The largest absolute Gasteiger partial charge is 0.343 e. The zero-order valence-corrected chi connectivity index (χ0v) is 18.2. The Morgan fingerprint density at radius 2 is 1.96 bits per heavy atom. The minimum Gasteiger partial charge on any atom is -0.333 e. The van der Waals surface area contributed by atoms with Crippen LogP contribution in [0.15, 0.2) is 29.4 Å². The number of nitrogens with one attached hydrogen (secondary N) is 1. The summed E-state index contributed by atoms with van der Waals surface area (Å²) in [4.78, 5) is 12.7. The number of benzene rings is 1. The molecule has 0 spiro atoms. The molecule has 1 aliphatic carbocycles. The van der Waals surface area contributed by atoms with Crippen molar-refractivity contribution in [1.82, 2.24) is 15.4 Å². The third-order valence-electron chi connectivity index (χ3n) is 5.17. The zero-order chi connectivity index (χ0) is 20.3. The van der Waals surface area contributed by atoms with E-state index in [1.165, 1.54) is 23.7 Å². The molecule has 1 aromatic rings. The van der Waals surface area contributed by atoms with Gasteiger partial charge in [-0.3, -0.25) is 5.21 Å². The van der Waals surface area contributed by atoms with Gasteiger partial charge in [-0.15, -0.1) is 0 Å². The van der Waals surface area contributed by atoms with Gasteiger partial charge >= 0.3 is 6.03 Å². The second-order valence-electron chi connectivity index (χ2n) is 7.97. The maximum Gasteiger partial charge on any atom is 0.343 e. The molecule has 1 heterocycles. The van der Waals surface area contributed by atoms with Crippen molar-refractivity contribution in [2.45, 2.75) is 69.8 Å². The lowest BCUT2D eigenvalue weighted by atomic mass is 9.96. The molecule has 1 aromatic carbocycles. The number of rotatable bonds is 4. The van der Waals surface area contributed by atoms with E-state index in [1.807, 2.05) is 45.0 Å². The highest BCUT2D eigenvalue weighted by Gasteiger charge is 2.50. The highest BCUT2D eigenvalue weighted by molar-refractivity contribution is 8.24. The number of hydroxylamine groups is 2. The van der Waals surface area contributed by atoms with Gasteiger partial charge in [0.2, 0.25) is 0 Å². The van der Waals surface area contributed by atoms with E-state index in [0.29, 0.717) is 4.32 Å². The molecule has 1 saturated carbocycles. The number of aryl methyl sites for hydroxylation is 1. The van der Waals surface area contributed by atoms with E-state index in [4.69, 9.17) is 12.2 Å². The van der Waals surface area contributed by atoms with Gasteiger partial charge in [0.1, 0.15) is 0 Å². The predicted molar refractivity (Wildman–Crippen MR) is 118 cm³/mol. The minimum atomic E-state index is -0.685. The summed E-state index contributed by atoms with van der Waals surface area (Å²) < 4.78 is 0.0308. The molecule has 28 heavy (non-hydrogen) atoms. The fourth-order valence-electron chi connectivity index (χ4n) is 3.61. The van der Waals surface area contributed by atoms with Gasteiger partial charge in [-0.25, -0.2) is 9.80 Å². The third kappa shape index (κ3) is 4.85. The molecule has 0 aromatic heterocycles. The molecule has 1 unspecified atom stereocenters. The van der Waals surface area contributed by atoms with Crippen LogP contribution in [0.3, 0.4) is 0 Å². The summed E-state index contributed by atoms with van der Waals surface area (Å²) in [6, 6.07) is 7.58. The molecule has 8 heteroatoms. The maximum absolute atomic E-state index is 12.7. The Morgan fingerprint density at radius 3 is 2.61 bits per heavy atom. The first kappa shape index (κ1) is 21.1. The van der Waals surface area contributed by atoms with Gasteiger partial charge in [-0.1, -0.05) is 73.1 Å². The van der Waals surface area contributed by atoms with E-state index in [0.717, 1.165) is 36.3 Å². The molecule has 2 N–H and O–H groups in total. The molecule has 152 valence electrons. The lowest BCUT2D eigenvalue weighted by Crippen LogP contribution is -2.57. The van der Waals surface area contributed by atoms with Gasteiger partial charge in [0.25, 0.3) is 0 Å². The first-order valence-corrected chi connectivity index (χ1v) is 10.9. The van der Waals surface area contributed by atoms with Crippen molar-refractivity contribution in [2.75, 3.05) is 0 Å². The predicted octanol–water partition coefficient (Wildman–Crippen LogP) is 4.50. The number of carbonyl (C=O) groups is 1. The fourth-order valence-corrected chi connectivity index (χ4v) is 5.39. The molecule has 2 aliphatic rings. The molecule has 6 nitrogen and oxygen atoms in total. The monoisotopic (exact) mass is 420 g/mol. The van der Waals surface area contributed by atoms with E-state index in [2.05, 4.69) is 10.4 Å². The standard InChI is InChI=1S/C20H28N4O2S2/c1-14-9-11-15(12-10-14)13-21-23-17(20(2,3)28-19(23)27)24(26)18(25)22-16-7-5-4-6-8-16/h9-13,16-17,26H,4-8H2,1-3H3,(H,22,25). The van der Waals surface area contributed by atoms with Crippen molar-refractivity contribution >= 4 is 40.5 Å². The van der Waals surface area contributed by atoms with Crippen LogP contribution in [0.1, 0.15) is 57.1 Å². The van der Waals surface area contributed by atoms with Crippen LogP contribution in [0.2, 0.25) is 0 Å². The fraction of sp³-hybridized carbons (Fsp3) is 0.550. The van der Waals surface area contributed by atoms with E-state index in [1.54, 1.807) is 11.2 Å². The third-order valence-corrected chi connectivity index (χ3v) is 6.71. The Balaban J connectivity index is 1.75. The Hall–Kier alpha value is -1.64. The van der Waals surface area contributed by atoms with Gasteiger partial charge in [0, 0.05) is 6.04 Å². The summed E-state index contributed by atoms with van der Waals surface area (Å²) in [6.45, 7) is 5.93. The van der Waals surface area contributed by atoms with Gasteiger partial charge in [-0.2, -0.15) is 10.2 Å². The first-order chi connectivity index (χ1) is 13.3. The second-order valence-corrected chi connectivity index (χ2v) is 10.3. The Labute approximate surface area is 176 Å². The molecule has 1 saturated heterocycles. The molecular formula is C20H28N4O2S2. The van der Waals surface area contributed by atoms with Crippen LogP contribution in [-0.2, 0) is 0 Å². The topological polar surface area (TPSA) is 68.2 Å². The first-order valence-electron chi connectivity index (χ1n) is 9.69. The second kappa shape index (κ2) is 8.80. The number of urea groups is 1. The van der Waals surface area contributed by atoms with Crippen LogP contribution in [-0.4, -0.2) is 48.8 Å². The minimum absolute atomic E-state index is 0.115. The van der Waals surface area contributed by atoms with Crippen LogP contribution in [0.4, 0.5) is 4.79 Å². The van der Waals surface area contributed by atoms with Crippen molar-refractivity contribution < 1.29 is 10.0 Å². The Morgan fingerprint density at radius 1 is 1.32 bits per heavy atom. The summed E-state index contributed by atoms with van der Waals surface area (Å²) in [7, 11) is 0. The molecule has 1 aliphatic heterocycles. The molecule has 1 atom stereocenters. The van der Waals surface area contributed by atoms with Crippen molar-refractivity contribution in [1.29, 1.82) is 0 Å². The van der Waals surface area contributed by atoms with Crippen molar-refractivity contribution in [3.8, 4) is 0 Å². The quantitative estimate of drug-likeness (QED) is 0.325. The van der Waals surface area contributed by atoms with E-state index in [-0.39, 0.29) is 6.04 Å². The molecule has 0 radical (unpaired) electrons. The lowest BCUT2D eigenvalue weighted by Gasteiger charge is -2.35. The maximum atomic E-state index is 12.7. The van der Waals surface area contributed by atoms with Crippen molar-refractivity contribution in [3.63, 3.8) is 0 Å². The highest BCUT2D eigenvalue weighted by atomic mass is 32.2. The van der Waals surface area contributed by atoms with Crippen molar-refractivity contribution in [3.05, 3.63) is 35.4 Å². The average molecular weight is 421 g/mol. The Bertz CT molecular complexity index is 745. The summed E-state index contributed by atoms with van der Waals surface area (Å²) in [5, 5.41) is 20.5. The van der Waals surface area contributed by atoms with Gasteiger partial charge in [-0.05, 0) is 39.2 Å². The summed E-state index contributed by atoms with van der Waals surface area (Å²) >= 11 is 6.91. The summed E-state index contributed by atoms with van der Waals surface area (Å²) in [5.41, 5.74) is 2.10. The van der Waals surface area contributed by atoms with Crippen LogP contribution in [0.5, 0.6) is 0 Å². The molecule has 2 fully saturated rings. The summed E-state index contributed by atoms with van der Waals surface area (Å²) in [5.74, 6) is 0. The van der Waals surface area contributed by atoms with Crippen LogP contribution < -0.4 is 5.32 Å². The number of thiocarbonyl (C=S) groups is 1.